The number of hydrogen-bond donors (Lipinski definition) is 0. The lowest BCUT2D eigenvalue weighted by atomic mass is 9.94. The van der Waals surface area contributed by atoms with E-state index in [1.807, 2.05) is 24.3 Å². The Morgan fingerprint density at radius 1 is 1.20 bits per heavy atom. The number of carbonyl (C=O) groups is 2. The van der Waals surface area contributed by atoms with E-state index in [0.717, 1.165) is 31.2 Å². The predicted octanol–water partition coefficient (Wildman–Crippen LogP) is 5.66. The van der Waals surface area contributed by atoms with Crippen molar-refractivity contribution in [3.8, 4) is 11.3 Å². The summed E-state index contributed by atoms with van der Waals surface area (Å²) in [5.41, 5.74) is 1.34. The third kappa shape index (κ3) is 4.37. The van der Waals surface area contributed by atoms with Gasteiger partial charge in [-0.05, 0) is 44.0 Å². The molecule has 0 N–H and O–H groups in total. The fourth-order valence-electron chi connectivity index (χ4n) is 3.83. The first-order chi connectivity index (χ1) is 14.6. The van der Waals surface area contributed by atoms with Crippen molar-refractivity contribution in [3.63, 3.8) is 0 Å². The average molecular weight is 442 g/mol. The van der Waals surface area contributed by atoms with Crippen molar-refractivity contribution < 1.29 is 18.7 Å². The van der Waals surface area contributed by atoms with Gasteiger partial charge in [0.1, 0.15) is 15.8 Å². The maximum absolute atomic E-state index is 12.9. The Bertz CT molecular complexity index is 987. The van der Waals surface area contributed by atoms with Gasteiger partial charge in [0.15, 0.2) is 0 Å². The van der Waals surface area contributed by atoms with E-state index in [1.165, 1.54) is 18.2 Å². The average Bonchev–Trinajstić information content (AvgIpc) is 3.33. The van der Waals surface area contributed by atoms with E-state index < -0.39 is 0 Å². The number of carbonyl (C=O) groups excluding carboxylic acids is 2. The number of rotatable bonds is 5. The minimum Gasteiger partial charge on any atom is -0.462 e. The van der Waals surface area contributed by atoms with Crippen molar-refractivity contribution in [2.75, 3.05) is 6.61 Å². The highest BCUT2D eigenvalue weighted by Crippen LogP contribution is 2.37. The Labute approximate surface area is 185 Å². The number of esters is 1. The molecule has 1 saturated heterocycles. The van der Waals surface area contributed by atoms with Gasteiger partial charge in [-0.1, -0.05) is 55.4 Å². The second-order valence-electron chi connectivity index (χ2n) is 7.34. The molecule has 1 aromatic heterocycles. The van der Waals surface area contributed by atoms with Crippen LogP contribution in [0.25, 0.3) is 17.4 Å². The number of thiocarbonyl (C=S) groups is 1. The maximum Gasteiger partial charge on any atom is 0.338 e. The van der Waals surface area contributed by atoms with E-state index in [0.29, 0.717) is 32.9 Å². The van der Waals surface area contributed by atoms with Crippen molar-refractivity contribution >= 4 is 46.3 Å². The summed E-state index contributed by atoms with van der Waals surface area (Å²) in [7, 11) is 0. The number of hydrogen-bond acceptors (Lipinski definition) is 6. The Morgan fingerprint density at radius 2 is 1.93 bits per heavy atom. The lowest BCUT2D eigenvalue weighted by molar-refractivity contribution is -0.124. The van der Waals surface area contributed by atoms with Gasteiger partial charge < -0.3 is 9.15 Å². The number of furan rings is 1. The van der Waals surface area contributed by atoms with Crippen molar-refractivity contribution in [2.24, 2.45) is 0 Å². The van der Waals surface area contributed by atoms with Gasteiger partial charge >= 0.3 is 5.97 Å². The molecule has 0 unspecified atom stereocenters. The number of nitrogens with zero attached hydrogens (tertiary/aromatic N) is 1. The van der Waals surface area contributed by atoms with E-state index in [9.17, 15) is 9.59 Å². The zero-order valence-corrected chi connectivity index (χ0v) is 18.4. The summed E-state index contributed by atoms with van der Waals surface area (Å²) in [6, 6.07) is 11.0. The molecule has 0 radical (unpaired) electrons. The number of benzene rings is 1. The number of amides is 1. The molecule has 0 spiro atoms. The highest BCUT2D eigenvalue weighted by Gasteiger charge is 2.37. The third-order valence-electron chi connectivity index (χ3n) is 5.34. The minimum atomic E-state index is -0.343. The van der Waals surface area contributed by atoms with Gasteiger partial charge in [-0.15, -0.1) is 0 Å². The molecule has 2 fully saturated rings. The Morgan fingerprint density at radius 3 is 2.63 bits per heavy atom. The van der Waals surface area contributed by atoms with Gasteiger partial charge in [0.25, 0.3) is 5.91 Å². The summed E-state index contributed by atoms with van der Waals surface area (Å²) in [4.78, 5) is 27.1. The van der Waals surface area contributed by atoms with Gasteiger partial charge in [-0.2, -0.15) is 0 Å². The first kappa shape index (κ1) is 20.9. The lowest BCUT2D eigenvalue weighted by Crippen LogP contribution is -2.39. The van der Waals surface area contributed by atoms with E-state index in [2.05, 4.69) is 0 Å². The molecule has 0 bridgehead atoms. The monoisotopic (exact) mass is 441 g/mol. The Kier molecular flexibility index (Phi) is 6.39. The summed E-state index contributed by atoms with van der Waals surface area (Å²) >= 11 is 6.83. The topological polar surface area (TPSA) is 59.8 Å². The summed E-state index contributed by atoms with van der Waals surface area (Å²) in [6.07, 6.45) is 7.34. The minimum absolute atomic E-state index is 0.0198. The van der Waals surface area contributed by atoms with Crippen LogP contribution in [0, 0.1) is 0 Å². The first-order valence-electron chi connectivity index (χ1n) is 10.2. The first-order valence-corrected chi connectivity index (χ1v) is 11.4. The quantitative estimate of drug-likeness (QED) is 0.339. The third-order valence-corrected chi connectivity index (χ3v) is 6.67. The number of ether oxygens (including phenoxy) is 1. The van der Waals surface area contributed by atoms with Gasteiger partial charge in [0.05, 0.1) is 17.1 Å². The van der Waals surface area contributed by atoms with Crippen molar-refractivity contribution in [2.45, 2.75) is 45.1 Å². The molecule has 7 heteroatoms. The van der Waals surface area contributed by atoms with Gasteiger partial charge in [-0.3, -0.25) is 9.69 Å². The van der Waals surface area contributed by atoms with Gasteiger partial charge in [0.2, 0.25) is 0 Å². The molecule has 156 valence electrons. The molecule has 4 rings (SSSR count). The smallest absolute Gasteiger partial charge is 0.338 e. The van der Waals surface area contributed by atoms with Crippen LogP contribution in [-0.2, 0) is 9.53 Å². The molecule has 1 saturated carbocycles. The normalized spacial score (nSPS) is 19.0. The highest BCUT2D eigenvalue weighted by atomic mass is 32.2. The Hall–Kier alpha value is -2.38. The predicted molar refractivity (Wildman–Crippen MR) is 122 cm³/mol. The fourth-order valence-corrected chi connectivity index (χ4v) is 5.21. The Balaban J connectivity index is 1.49. The summed E-state index contributed by atoms with van der Waals surface area (Å²) in [6.45, 7) is 2.12. The SMILES string of the molecule is CCOC(=O)c1ccc(-c2ccc(C=C3SC(=S)N(C4CCCCC4)C3=O)o2)cc1. The van der Waals surface area contributed by atoms with Crippen molar-refractivity contribution in [1.82, 2.24) is 4.90 Å². The molecule has 2 aliphatic rings. The molecule has 1 aliphatic carbocycles. The second kappa shape index (κ2) is 9.18. The van der Waals surface area contributed by atoms with Crippen LogP contribution in [0.2, 0.25) is 0 Å². The van der Waals surface area contributed by atoms with Crippen LogP contribution < -0.4 is 0 Å². The highest BCUT2D eigenvalue weighted by molar-refractivity contribution is 8.26. The largest absolute Gasteiger partial charge is 0.462 e. The summed E-state index contributed by atoms with van der Waals surface area (Å²) < 4.78 is 11.6. The molecule has 2 heterocycles. The molecule has 0 atom stereocenters. The maximum atomic E-state index is 12.9. The molecule has 1 amide bonds. The van der Waals surface area contributed by atoms with E-state index in [-0.39, 0.29) is 17.9 Å². The molecule has 1 aliphatic heterocycles. The molecular formula is C23H23NO4S2. The van der Waals surface area contributed by atoms with Crippen molar-refractivity contribution in [1.29, 1.82) is 0 Å². The molecule has 30 heavy (non-hydrogen) atoms. The zero-order chi connectivity index (χ0) is 21.1. The van der Waals surface area contributed by atoms with Crippen LogP contribution in [0.4, 0.5) is 0 Å². The van der Waals surface area contributed by atoms with E-state index >= 15 is 0 Å². The van der Waals surface area contributed by atoms with E-state index in [4.69, 9.17) is 21.4 Å². The fraction of sp³-hybridized carbons (Fsp3) is 0.348. The van der Waals surface area contributed by atoms with Gasteiger partial charge in [-0.25, -0.2) is 4.79 Å². The number of thioether (sulfide) groups is 1. The van der Waals surface area contributed by atoms with Gasteiger partial charge in [0, 0.05) is 17.7 Å². The van der Waals surface area contributed by atoms with E-state index in [1.54, 1.807) is 30.0 Å². The zero-order valence-electron chi connectivity index (χ0n) is 16.8. The molecule has 1 aromatic carbocycles. The molecular weight excluding hydrogens is 418 g/mol. The van der Waals surface area contributed by atoms with Crippen molar-refractivity contribution in [3.05, 3.63) is 52.6 Å². The van der Waals surface area contributed by atoms with Crippen LogP contribution in [0.5, 0.6) is 0 Å². The molecule has 2 aromatic rings. The van der Waals surface area contributed by atoms with Crippen LogP contribution in [0.1, 0.15) is 55.1 Å². The standard InChI is InChI=1S/C23H23NO4S2/c1-2-27-22(26)16-10-8-15(9-11-16)19-13-12-18(28-19)14-20-21(25)24(23(29)30-20)17-6-4-3-5-7-17/h8-14,17H,2-7H2,1H3. The lowest BCUT2D eigenvalue weighted by Gasteiger charge is -2.29. The summed E-state index contributed by atoms with van der Waals surface area (Å²) in [5, 5.41) is 0. The van der Waals surface area contributed by atoms with Crippen LogP contribution >= 0.6 is 24.0 Å². The van der Waals surface area contributed by atoms with Crippen LogP contribution in [0.15, 0.2) is 45.7 Å². The second-order valence-corrected chi connectivity index (χ2v) is 9.02. The van der Waals surface area contributed by atoms with Crippen LogP contribution in [-0.4, -0.2) is 33.7 Å². The van der Waals surface area contributed by atoms with Crippen LogP contribution in [0.3, 0.4) is 0 Å². The molecule has 5 nitrogen and oxygen atoms in total. The summed E-state index contributed by atoms with van der Waals surface area (Å²) in [5.74, 6) is 0.904.